The van der Waals surface area contributed by atoms with E-state index >= 15 is 0 Å². The number of fused-ring (bicyclic) bond motifs is 1. The van der Waals surface area contributed by atoms with Gasteiger partial charge in [0, 0.05) is 4.47 Å². The van der Waals surface area contributed by atoms with Crippen LogP contribution in [0.2, 0.25) is 0 Å². The second-order valence-electron chi connectivity index (χ2n) is 4.85. The molecule has 3 rings (SSSR count). The third kappa shape index (κ3) is 2.06. The van der Waals surface area contributed by atoms with Gasteiger partial charge in [0.25, 0.3) is 11.7 Å². The van der Waals surface area contributed by atoms with E-state index < -0.39 is 11.7 Å². The second kappa shape index (κ2) is 4.87. The fraction of sp³-hybridized carbons (Fsp3) is 0.125. The number of halogens is 1. The van der Waals surface area contributed by atoms with Gasteiger partial charge in [-0.3, -0.25) is 14.5 Å². The standard InChI is InChI=1S/C16H12BrNO2/c1-10-4-2-5-11(8-10)9-18-14-12(15(19)16(18)20)6-3-7-13(14)17/h2-8H,9H2,1H3. The van der Waals surface area contributed by atoms with Crippen LogP contribution in [0.3, 0.4) is 0 Å². The number of ketones is 1. The van der Waals surface area contributed by atoms with Crippen LogP contribution in [0.15, 0.2) is 46.9 Å². The van der Waals surface area contributed by atoms with Gasteiger partial charge in [0.2, 0.25) is 0 Å². The highest BCUT2D eigenvalue weighted by atomic mass is 79.9. The van der Waals surface area contributed by atoms with Crippen LogP contribution in [-0.4, -0.2) is 11.7 Å². The maximum Gasteiger partial charge on any atom is 0.299 e. The van der Waals surface area contributed by atoms with Crippen molar-refractivity contribution in [2.75, 3.05) is 4.90 Å². The third-order valence-corrected chi connectivity index (χ3v) is 4.00. The Morgan fingerprint density at radius 1 is 1.10 bits per heavy atom. The highest BCUT2D eigenvalue weighted by molar-refractivity contribution is 9.10. The molecule has 0 fully saturated rings. The number of aryl methyl sites for hydroxylation is 1. The van der Waals surface area contributed by atoms with E-state index in [1.54, 1.807) is 12.1 Å². The van der Waals surface area contributed by atoms with Crippen LogP contribution < -0.4 is 4.90 Å². The molecule has 1 aliphatic heterocycles. The van der Waals surface area contributed by atoms with E-state index in [1.807, 2.05) is 37.3 Å². The van der Waals surface area contributed by atoms with Crippen molar-refractivity contribution in [3.63, 3.8) is 0 Å². The molecule has 0 atom stereocenters. The molecule has 0 spiro atoms. The lowest BCUT2D eigenvalue weighted by atomic mass is 10.1. The van der Waals surface area contributed by atoms with Crippen LogP contribution in [0.25, 0.3) is 0 Å². The molecule has 0 saturated heterocycles. The minimum atomic E-state index is -0.464. The summed E-state index contributed by atoms with van der Waals surface area (Å²) in [5, 5.41) is 0. The Morgan fingerprint density at radius 3 is 2.60 bits per heavy atom. The zero-order valence-corrected chi connectivity index (χ0v) is 12.5. The van der Waals surface area contributed by atoms with Gasteiger partial charge in [0.1, 0.15) is 0 Å². The summed E-state index contributed by atoms with van der Waals surface area (Å²) in [6.07, 6.45) is 0. The molecule has 4 heteroatoms. The summed E-state index contributed by atoms with van der Waals surface area (Å²) in [6.45, 7) is 2.41. The van der Waals surface area contributed by atoms with E-state index in [2.05, 4.69) is 15.9 Å². The molecule has 0 radical (unpaired) electrons. The summed E-state index contributed by atoms with van der Waals surface area (Å²) in [5.74, 6) is -0.901. The van der Waals surface area contributed by atoms with Crippen LogP contribution in [0.5, 0.6) is 0 Å². The van der Waals surface area contributed by atoms with Gasteiger partial charge >= 0.3 is 0 Å². The average Bonchev–Trinajstić information content (AvgIpc) is 2.66. The van der Waals surface area contributed by atoms with Crippen LogP contribution in [-0.2, 0) is 11.3 Å². The van der Waals surface area contributed by atoms with Crippen molar-refractivity contribution in [1.29, 1.82) is 0 Å². The van der Waals surface area contributed by atoms with Crippen molar-refractivity contribution in [1.82, 2.24) is 0 Å². The van der Waals surface area contributed by atoms with E-state index in [-0.39, 0.29) is 0 Å². The molecule has 0 N–H and O–H groups in total. The van der Waals surface area contributed by atoms with Crippen molar-refractivity contribution >= 4 is 33.3 Å². The van der Waals surface area contributed by atoms with Gasteiger partial charge < -0.3 is 0 Å². The molecule has 0 aliphatic carbocycles. The summed E-state index contributed by atoms with van der Waals surface area (Å²) in [6, 6.07) is 13.2. The first kappa shape index (κ1) is 13.1. The normalized spacial score (nSPS) is 13.8. The predicted molar refractivity (Wildman–Crippen MR) is 80.8 cm³/mol. The average molecular weight is 330 g/mol. The Morgan fingerprint density at radius 2 is 1.85 bits per heavy atom. The van der Waals surface area contributed by atoms with E-state index in [9.17, 15) is 9.59 Å². The molecule has 0 bridgehead atoms. The molecule has 1 heterocycles. The maximum absolute atomic E-state index is 12.2. The van der Waals surface area contributed by atoms with E-state index in [4.69, 9.17) is 0 Å². The molecule has 20 heavy (non-hydrogen) atoms. The quantitative estimate of drug-likeness (QED) is 0.791. The summed E-state index contributed by atoms with van der Waals surface area (Å²) >= 11 is 3.42. The first-order valence-electron chi connectivity index (χ1n) is 6.28. The molecule has 2 aromatic carbocycles. The third-order valence-electron chi connectivity index (χ3n) is 3.36. The Balaban J connectivity index is 2.03. The van der Waals surface area contributed by atoms with Crippen molar-refractivity contribution in [2.24, 2.45) is 0 Å². The van der Waals surface area contributed by atoms with Crippen LogP contribution in [0.4, 0.5) is 5.69 Å². The maximum atomic E-state index is 12.2. The molecular formula is C16H12BrNO2. The number of nitrogens with zero attached hydrogens (tertiary/aromatic N) is 1. The minimum Gasteiger partial charge on any atom is -0.299 e. The van der Waals surface area contributed by atoms with Gasteiger partial charge in [-0.15, -0.1) is 0 Å². The monoisotopic (exact) mass is 329 g/mol. The number of benzene rings is 2. The zero-order valence-electron chi connectivity index (χ0n) is 10.9. The topological polar surface area (TPSA) is 37.4 Å². The minimum absolute atomic E-state index is 0.405. The Bertz CT molecular complexity index is 724. The van der Waals surface area contributed by atoms with Crippen LogP contribution in [0, 0.1) is 6.92 Å². The fourth-order valence-corrected chi connectivity index (χ4v) is 3.04. The highest BCUT2D eigenvalue weighted by Gasteiger charge is 2.36. The van der Waals surface area contributed by atoms with Gasteiger partial charge in [0.05, 0.1) is 17.8 Å². The fourth-order valence-electron chi connectivity index (χ4n) is 2.46. The largest absolute Gasteiger partial charge is 0.299 e. The predicted octanol–water partition coefficient (Wildman–Crippen LogP) is 3.49. The number of Topliss-reactive ketones (excluding diaryl/α,β-unsaturated/α-hetero) is 1. The van der Waals surface area contributed by atoms with Gasteiger partial charge in [-0.2, -0.15) is 0 Å². The second-order valence-corrected chi connectivity index (χ2v) is 5.70. The van der Waals surface area contributed by atoms with Gasteiger partial charge in [-0.1, -0.05) is 35.9 Å². The number of rotatable bonds is 2. The lowest BCUT2D eigenvalue weighted by Gasteiger charge is -2.18. The zero-order chi connectivity index (χ0) is 14.3. The summed E-state index contributed by atoms with van der Waals surface area (Å²) in [5.41, 5.74) is 3.28. The lowest BCUT2D eigenvalue weighted by molar-refractivity contribution is -0.114. The molecular weight excluding hydrogens is 318 g/mol. The highest BCUT2D eigenvalue weighted by Crippen LogP contribution is 2.36. The van der Waals surface area contributed by atoms with Gasteiger partial charge in [-0.05, 0) is 40.5 Å². The van der Waals surface area contributed by atoms with Gasteiger partial charge in [0.15, 0.2) is 0 Å². The summed E-state index contributed by atoms with van der Waals surface area (Å²) < 4.78 is 0.766. The SMILES string of the molecule is Cc1cccc(CN2C(=O)C(=O)c3cccc(Br)c32)c1. The number of carbonyl (C=O) groups is 2. The van der Waals surface area contributed by atoms with Crippen LogP contribution >= 0.6 is 15.9 Å². The van der Waals surface area contributed by atoms with Crippen LogP contribution in [0.1, 0.15) is 21.5 Å². The van der Waals surface area contributed by atoms with E-state index in [0.717, 1.165) is 15.6 Å². The molecule has 1 aliphatic rings. The molecule has 0 unspecified atom stereocenters. The van der Waals surface area contributed by atoms with E-state index in [1.165, 1.54) is 4.90 Å². The molecule has 3 nitrogen and oxygen atoms in total. The van der Waals surface area contributed by atoms with E-state index in [0.29, 0.717) is 17.8 Å². The number of hydrogen-bond acceptors (Lipinski definition) is 2. The number of para-hydroxylation sites is 1. The van der Waals surface area contributed by atoms with Crippen molar-refractivity contribution in [2.45, 2.75) is 13.5 Å². The number of amides is 1. The molecule has 1 amide bonds. The number of carbonyl (C=O) groups excluding carboxylic acids is 2. The van der Waals surface area contributed by atoms with Gasteiger partial charge in [-0.25, -0.2) is 0 Å². The molecule has 0 saturated carbocycles. The summed E-state index contributed by atoms with van der Waals surface area (Å²) in [7, 11) is 0. The molecule has 100 valence electrons. The van der Waals surface area contributed by atoms with Crippen molar-refractivity contribution in [3.05, 3.63) is 63.6 Å². The Labute approximate surface area is 125 Å². The first-order chi connectivity index (χ1) is 9.58. The van der Waals surface area contributed by atoms with Crippen molar-refractivity contribution in [3.8, 4) is 0 Å². The Kier molecular flexibility index (Phi) is 3.18. The smallest absolute Gasteiger partial charge is 0.299 e. The molecule has 2 aromatic rings. The van der Waals surface area contributed by atoms with Crippen molar-refractivity contribution < 1.29 is 9.59 Å². The lowest BCUT2D eigenvalue weighted by Crippen LogP contribution is -2.29. The first-order valence-corrected chi connectivity index (χ1v) is 7.07. The Hall–Kier alpha value is -1.94. The number of anilines is 1. The number of hydrogen-bond donors (Lipinski definition) is 0. The summed E-state index contributed by atoms with van der Waals surface area (Å²) in [4.78, 5) is 25.7. The molecule has 0 aromatic heterocycles.